The first-order chi connectivity index (χ1) is 36.5. The van der Waals surface area contributed by atoms with Crippen molar-refractivity contribution in [1.82, 2.24) is 5.32 Å². The zero-order chi connectivity index (χ0) is 53.6. The van der Waals surface area contributed by atoms with Gasteiger partial charge in [-0.15, -0.1) is 0 Å². The molecule has 0 saturated carbocycles. The molecule has 0 bridgehead atoms. The minimum Gasteiger partial charge on any atom is -0.466 e. The Morgan fingerprint density at radius 3 is 0.959 bits per heavy atom. The Labute approximate surface area is 462 Å². The van der Waals surface area contributed by atoms with E-state index in [0.29, 0.717) is 25.9 Å². The summed E-state index contributed by atoms with van der Waals surface area (Å²) in [5.74, 6) is -0.0287. The summed E-state index contributed by atoms with van der Waals surface area (Å²) in [5.41, 5.74) is 0. The summed E-state index contributed by atoms with van der Waals surface area (Å²) in [6.07, 6.45) is 79.2. The predicted octanol–water partition coefficient (Wildman–Crippen LogP) is 21.4. The van der Waals surface area contributed by atoms with Crippen LogP contribution in [0.15, 0.2) is 24.3 Å². The van der Waals surface area contributed by atoms with Gasteiger partial charge in [-0.3, -0.25) is 9.59 Å². The van der Waals surface area contributed by atoms with E-state index in [1.807, 2.05) is 0 Å². The molecule has 1 amide bonds. The van der Waals surface area contributed by atoms with Gasteiger partial charge in [0, 0.05) is 12.8 Å². The number of carbonyl (C=O) groups excluding carboxylic acids is 2. The molecule has 0 rings (SSSR count). The second-order valence-corrected chi connectivity index (χ2v) is 23.1. The van der Waals surface area contributed by atoms with Gasteiger partial charge in [0.25, 0.3) is 0 Å². The number of aliphatic hydroxyl groups excluding tert-OH is 2. The number of nitrogens with one attached hydrogen (secondary N) is 1. The average Bonchev–Trinajstić information content (AvgIpc) is 3.40. The Hall–Kier alpha value is -1.66. The van der Waals surface area contributed by atoms with Crippen molar-refractivity contribution < 1.29 is 24.5 Å². The van der Waals surface area contributed by atoms with Crippen LogP contribution >= 0.6 is 0 Å². The molecule has 2 unspecified atom stereocenters. The van der Waals surface area contributed by atoms with Gasteiger partial charge in [-0.1, -0.05) is 308 Å². The second-order valence-electron chi connectivity index (χ2n) is 23.1. The molecule has 2 atom stereocenters. The van der Waals surface area contributed by atoms with Gasteiger partial charge in [-0.25, -0.2) is 0 Å². The molecule has 6 nitrogen and oxygen atoms in total. The van der Waals surface area contributed by atoms with Crippen molar-refractivity contribution in [2.45, 2.75) is 386 Å². The standard InChI is InChI=1S/C68H131NO5/c1-3-5-7-9-11-13-15-17-19-32-36-40-44-48-52-56-60-66(71)65(64-70)69-67(72)61-57-53-49-45-41-37-33-30-28-26-24-22-21-23-25-27-29-31-35-39-43-47-51-55-59-63-74-68(73)62-58-54-50-46-42-38-34-20-18-16-14-12-10-8-6-4-2/h20,22,24,34,65-66,70-71H,3-19,21,23,25-33,35-64H2,1-2H3,(H,69,72)/b24-22-,34-20-. The van der Waals surface area contributed by atoms with E-state index in [0.717, 1.165) is 44.9 Å². The number of esters is 1. The molecule has 0 aromatic rings. The Balaban J connectivity index is 3.39. The molecule has 0 aliphatic rings. The molecule has 0 radical (unpaired) electrons. The molecule has 0 aliphatic heterocycles. The lowest BCUT2D eigenvalue weighted by molar-refractivity contribution is -0.143. The summed E-state index contributed by atoms with van der Waals surface area (Å²) in [6, 6.07) is -0.544. The van der Waals surface area contributed by atoms with Crippen molar-refractivity contribution in [2.24, 2.45) is 0 Å². The lowest BCUT2D eigenvalue weighted by Crippen LogP contribution is -2.45. The van der Waals surface area contributed by atoms with E-state index < -0.39 is 12.1 Å². The van der Waals surface area contributed by atoms with E-state index >= 15 is 0 Å². The number of ether oxygens (including phenoxy) is 1. The van der Waals surface area contributed by atoms with Crippen LogP contribution in [0.5, 0.6) is 0 Å². The number of hydrogen-bond acceptors (Lipinski definition) is 5. The zero-order valence-corrected chi connectivity index (χ0v) is 50.1. The van der Waals surface area contributed by atoms with Crippen LogP contribution in [0.4, 0.5) is 0 Å². The van der Waals surface area contributed by atoms with E-state index in [-0.39, 0.29) is 18.5 Å². The smallest absolute Gasteiger partial charge is 0.305 e. The highest BCUT2D eigenvalue weighted by Gasteiger charge is 2.20. The summed E-state index contributed by atoms with van der Waals surface area (Å²) in [6.45, 7) is 4.97. The molecule has 0 fully saturated rings. The fraction of sp³-hybridized carbons (Fsp3) is 0.912. The van der Waals surface area contributed by atoms with Crippen molar-refractivity contribution in [1.29, 1.82) is 0 Å². The third kappa shape index (κ3) is 59.6. The monoisotopic (exact) mass is 1040 g/mol. The van der Waals surface area contributed by atoms with Crippen molar-refractivity contribution >= 4 is 11.9 Å². The van der Waals surface area contributed by atoms with Crippen LogP contribution < -0.4 is 5.32 Å². The number of allylic oxidation sites excluding steroid dienone is 4. The highest BCUT2D eigenvalue weighted by Crippen LogP contribution is 2.18. The number of carbonyl (C=O) groups is 2. The van der Waals surface area contributed by atoms with Crippen LogP contribution in [-0.2, 0) is 14.3 Å². The first kappa shape index (κ1) is 72.3. The summed E-state index contributed by atoms with van der Waals surface area (Å²) >= 11 is 0. The van der Waals surface area contributed by atoms with Gasteiger partial charge in [0.2, 0.25) is 5.91 Å². The van der Waals surface area contributed by atoms with E-state index in [9.17, 15) is 19.8 Å². The van der Waals surface area contributed by atoms with Crippen LogP contribution in [0.2, 0.25) is 0 Å². The molecular weight excluding hydrogens is 911 g/mol. The topological polar surface area (TPSA) is 95.9 Å². The molecule has 0 spiro atoms. The first-order valence-electron chi connectivity index (χ1n) is 33.6. The van der Waals surface area contributed by atoms with Gasteiger partial charge in [0.15, 0.2) is 0 Å². The maximum absolute atomic E-state index is 12.5. The number of rotatable bonds is 63. The average molecular weight is 1040 g/mol. The largest absolute Gasteiger partial charge is 0.466 e. The van der Waals surface area contributed by atoms with E-state index in [4.69, 9.17) is 4.74 Å². The zero-order valence-electron chi connectivity index (χ0n) is 50.1. The number of unbranched alkanes of at least 4 members (excludes halogenated alkanes) is 48. The Kier molecular flexibility index (Phi) is 62.4. The normalized spacial score (nSPS) is 12.6. The molecule has 3 N–H and O–H groups in total. The SMILES string of the molecule is CCCCCCCCC/C=C\CCCCCCCC(=O)OCCCCCCCCCCCCCC/C=C\CCCCCCCCCCCC(=O)NC(CO)C(O)CCCCCCCCCCCCCCCCCC. The van der Waals surface area contributed by atoms with Gasteiger partial charge in [-0.2, -0.15) is 0 Å². The lowest BCUT2D eigenvalue weighted by Gasteiger charge is -2.22. The van der Waals surface area contributed by atoms with Gasteiger partial charge in [0.1, 0.15) is 0 Å². The maximum atomic E-state index is 12.5. The van der Waals surface area contributed by atoms with Crippen molar-refractivity contribution in [3.8, 4) is 0 Å². The fourth-order valence-electron chi connectivity index (χ4n) is 10.6. The summed E-state index contributed by atoms with van der Waals surface area (Å²) in [5, 5.41) is 23.3. The number of aliphatic hydroxyl groups is 2. The third-order valence-electron chi connectivity index (χ3n) is 15.7. The number of amides is 1. The molecule has 74 heavy (non-hydrogen) atoms. The van der Waals surface area contributed by atoms with Crippen molar-refractivity contribution in [3.63, 3.8) is 0 Å². The van der Waals surface area contributed by atoms with Crippen LogP contribution in [0.25, 0.3) is 0 Å². The third-order valence-corrected chi connectivity index (χ3v) is 15.7. The predicted molar refractivity (Wildman–Crippen MR) is 324 cm³/mol. The lowest BCUT2D eigenvalue weighted by atomic mass is 10.0. The van der Waals surface area contributed by atoms with Crippen LogP contribution in [-0.4, -0.2) is 47.4 Å². The Bertz CT molecular complexity index is 1150. The molecule has 0 aromatic carbocycles. The van der Waals surface area contributed by atoms with Gasteiger partial charge in [0.05, 0.1) is 25.4 Å². The molecule has 0 aliphatic carbocycles. The quantitative estimate of drug-likeness (QED) is 0.0320. The van der Waals surface area contributed by atoms with E-state index in [2.05, 4.69) is 43.5 Å². The van der Waals surface area contributed by atoms with E-state index in [1.165, 1.54) is 295 Å². The van der Waals surface area contributed by atoms with Crippen molar-refractivity contribution in [3.05, 3.63) is 24.3 Å². The van der Waals surface area contributed by atoms with E-state index in [1.54, 1.807) is 0 Å². The Morgan fingerprint density at radius 2 is 0.635 bits per heavy atom. The molecule has 0 heterocycles. The van der Waals surface area contributed by atoms with Crippen LogP contribution in [0, 0.1) is 0 Å². The maximum Gasteiger partial charge on any atom is 0.305 e. The van der Waals surface area contributed by atoms with Crippen molar-refractivity contribution in [2.75, 3.05) is 13.2 Å². The summed E-state index contributed by atoms with van der Waals surface area (Å²) < 4.78 is 5.49. The molecular formula is C68H131NO5. The minimum absolute atomic E-state index is 0.00670. The van der Waals surface area contributed by atoms with Gasteiger partial charge < -0.3 is 20.3 Å². The second kappa shape index (κ2) is 63.9. The van der Waals surface area contributed by atoms with Gasteiger partial charge in [-0.05, 0) is 77.0 Å². The highest BCUT2D eigenvalue weighted by atomic mass is 16.5. The van der Waals surface area contributed by atoms with Gasteiger partial charge >= 0.3 is 5.97 Å². The molecule has 6 heteroatoms. The first-order valence-corrected chi connectivity index (χ1v) is 33.6. The summed E-state index contributed by atoms with van der Waals surface area (Å²) in [4.78, 5) is 24.6. The molecule has 0 saturated heterocycles. The van der Waals surface area contributed by atoms with Crippen LogP contribution in [0.3, 0.4) is 0 Å². The highest BCUT2D eigenvalue weighted by molar-refractivity contribution is 5.76. The molecule has 0 aromatic heterocycles. The number of hydrogen-bond donors (Lipinski definition) is 3. The fourth-order valence-corrected chi connectivity index (χ4v) is 10.6. The Morgan fingerprint density at radius 1 is 0.365 bits per heavy atom. The van der Waals surface area contributed by atoms with Crippen LogP contribution in [0.1, 0.15) is 373 Å². The molecule has 438 valence electrons. The summed E-state index contributed by atoms with van der Waals surface area (Å²) in [7, 11) is 0. The minimum atomic E-state index is -0.666.